The first kappa shape index (κ1) is 12.2. The van der Waals surface area contributed by atoms with Gasteiger partial charge in [0.1, 0.15) is 0 Å². The minimum Gasteiger partial charge on any atom is -0.381 e. The second-order valence-corrected chi connectivity index (χ2v) is 4.16. The van der Waals surface area contributed by atoms with E-state index in [2.05, 4.69) is 20.8 Å². The highest BCUT2D eigenvalue weighted by atomic mass is 35.5. The summed E-state index contributed by atoms with van der Waals surface area (Å²) in [6.07, 6.45) is 2.69. The molecule has 0 heterocycles. The van der Waals surface area contributed by atoms with Crippen molar-refractivity contribution in [3.63, 3.8) is 0 Å². The fourth-order valence-corrected chi connectivity index (χ4v) is 1.40. The number of rotatable bonds is 6. The fraction of sp³-hybridized carbons (Fsp3) is 1.00. The highest BCUT2D eigenvalue weighted by molar-refractivity contribution is 6.18. The quantitative estimate of drug-likeness (QED) is 0.587. The molecule has 1 nitrogen and oxygen atoms in total. The van der Waals surface area contributed by atoms with Crippen molar-refractivity contribution in [2.75, 3.05) is 13.0 Å². The Labute approximate surface area is 81.4 Å². The summed E-state index contributed by atoms with van der Waals surface area (Å²) in [6, 6.07) is 0. The lowest BCUT2D eigenvalue weighted by atomic mass is 9.98. The van der Waals surface area contributed by atoms with E-state index in [1.165, 1.54) is 6.42 Å². The third kappa shape index (κ3) is 5.00. The molecule has 0 aliphatic heterocycles. The van der Waals surface area contributed by atoms with Crippen LogP contribution in [0.25, 0.3) is 0 Å². The van der Waals surface area contributed by atoms with Crippen LogP contribution in [0.2, 0.25) is 0 Å². The molecular weight excluding hydrogens is 172 g/mol. The summed E-state index contributed by atoms with van der Waals surface area (Å²) in [6.45, 7) is 6.57. The van der Waals surface area contributed by atoms with E-state index in [-0.39, 0.29) is 0 Å². The van der Waals surface area contributed by atoms with Crippen LogP contribution in [0.3, 0.4) is 0 Å². The average molecular weight is 193 g/mol. The normalized spacial score (nSPS) is 16.5. The molecule has 2 atom stereocenters. The Morgan fingerprint density at radius 2 is 1.75 bits per heavy atom. The topological polar surface area (TPSA) is 9.23 Å². The molecule has 0 aromatic rings. The number of ether oxygens (including phenoxy) is 1. The molecule has 0 aromatic heterocycles. The second-order valence-electron chi connectivity index (χ2n) is 3.85. The van der Waals surface area contributed by atoms with Crippen molar-refractivity contribution in [1.29, 1.82) is 0 Å². The zero-order valence-electron chi connectivity index (χ0n) is 8.64. The predicted octanol–water partition coefficient (Wildman–Crippen LogP) is 3.31. The highest BCUT2D eigenvalue weighted by Gasteiger charge is 2.13. The van der Waals surface area contributed by atoms with Gasteiger partial charge in [-0.3, -0.25) is 0 Å². The molecule has 0 radical (unpaired) electrons. The van der Waals surface area contributed by atoms with Gasteiger partial charge < -0.3 is 4.74 Å². The van der Waals surface area contributed by atoms with Crippen LogP contribution in [-0.4, -0.2) is 19.1 Å². The molecule has 0 aromatic carbocycles. The molecule has 12 heavy (non-hydrogen) atoms. The smallest absolute Gasteiger partial charge is 0.0594 e. The van der Waals surface area contributed by atoms with Crippen molar-refractivity contribution < 1.29 is 4.74 Å². The molecule has 0 spiro atoms. The van der Waals surface area contributed by atoms with E-state index in [1.54, 1.807) is 7.11 Å². The lowest BCUT2D eigenvalue weighted by Gasteiger charge is -2.20. The van der Waals surface area contributed by atoms with Gasteiger partial charge in [0.25, 0.3) is 0 Å². The van der Waals surface area contributed by atoms with Gasteiger partial charge in [0, 0.05) is 13.0 Å². The average Bonchev–Trinajstić information content (AvgIpc) is 2.04. The van der Waals surface area contributed by atoms with Crippen LogP contribution >= 0.6 is 11.6 Å². The summed E-state index contributed by atoms with van der Waals surface area (Å²) in [5.74, 6) is 1.98. The van der Waals surface area contributed by atoms with Crippen LogP contribution < -0.4 is 0 Å². The molecule has 2 unspecified atom stereocenters. The van der Waals surface area contributed by atoms with Gasteiger partial charge in [0.05, 0.1) is 6.10 Å². The van der Waals surface area contributed by atoms with Crippen LogP contribution in [0.5, 0.6) is 0 Å². The van der Waals surface area contributed by atoms with Gasteiger partial charge in [-0.05, 0) is 24.7 Å². The van der Waals surface area contributed by atoms with Crippen molar-refractivity contribution in [1.82, 2.24) is 0 Å². The van der Waals surface area contributed by atoms with Gasteiger partial charge >= 0.3 is 0 Å². The summed E-state index contributed by atoms with van der Waals surface area (Å²) >= 11 is 5.72. The molecule has 2 heteroatoms. The second kappa shape index (κ2) is 6.73. The van der Waals surface area contributed by atoms with Gasteiger partial charge in [-0.15, -0.1) is 11.6 Å². The number of hydrogen-bond acceptors (Lipinski definition) is 1. The number of hydrogen-bond donors (Lipinski definition) is 0. The van der Waals surface area contributed by atoms with Crippen molar-refractivity contribution in [2.45, 2.75) is 39.7 Å². The summed E-state index contributed by atoms with van der Waals surface area (Å²) in [5, 5.41) is 0. The van der Waals surface area contributed by atoms with Crippen LogP contribution in [0.4, 0.5) is 0 Å². The van der Waals surface area contributed by atoms with Crippen molar-refractivity contribution in [3.05, 3.63) is 0 Å². The monoisotopic (exact) mass is 192 g/mol. The molecule has 0 saturated carbocycles. The maximum atomic E-state index is 5.72. The van der Waals surface area contributed by atoms with E-state index in [0.717, 1.165) is 12.3 Å². The van der Waals surface area contributed by atoms with Gasteiger partial charge in [0.2, 0.25) is 0 Å². The van der Waals surface area contributed by atoms with Gasteiger partial charge in [-0.2, -0.15) is 0 Å². The molecule has 0 rings (SSSR count). The molecule has 0 N–H and O–H groups in total. The third-order valence-corrected chi connectivity index (χ3v) is 2.78. The molecule has 0 saturated heterocycles. The summed E-state index contributed by atoms with van der Waals surface area (Å²) in [4.78, 5) is 0. The Bertz CT molecular complexity index is 104. The summed E-state index contributed by atoms with van der Waals surface area (Å²) in [7, 11) is 1.79. The molecule has 0 aliphatic carbocycles. The maximum Gasteiger partial charge on any atom is 0.0594 e. The Balaban J connectivity index is 3.58. The molecule has 0 bridgehead atoms. The van der Waals surface area contributed by atoms with Crippen molar-refractivity contribution >= 4 is 11.6 Å². The molecule has 74 valence electrons. The van der Waals surface area contributed by atoms with Crippen molar-refractivity contribution in [3.8, 4) is 0 Å². The lowest BCUT2D eigenvalue weighted by molar-refractivity contribution is 0.0539. The van der Waals surface area contributed by atoms with Gasteiger partial charge in [-0.25, -0.2) is 0 Å². The van der Waals surface area contributed by atoms with Crippen LogP contribution in [0, 0.1) is 11.8 Å². The Hall–Kier alpha value is 0.250. The first-order chi connectivity index (χ1) is 5.61. The molecular formula is C10H21ClO. The predicted molar refractivity (Wildman–Crippen MR) is 54.8 cm³/mol. The molecule has 0 amide bonds. The van der Waals surface area contributed by atoms with Crippen LogP contribution in [0.15, 0.2) is 0 Å². The van der Waals surface area contributed by atoms with E-state index < -0.39 is 0 Å². The minimum absolute atomic E-state index is 0.399. The van der Waals surface area contributed by atoms with E-state index in [1.807, 2.05) is 0 Å². The van der Waals surface area contributed by atoms with E-state index >= 15 is 0 Å². The van der Waals surface area contributed by atoms with Gasteiger partial charge in [-0.1, -0.05) is 20.8 Å². The maximum absolute atomic E-state index is 5.72. The van der Waals surface area contributed by atoms with Gasteiger partial charge in [0.15, 0.2) is 0 Å². The zero-order valence-corrected chi connectivity index (χ0v) is 9.40. The fourth-order valence-electron chi connectivity index (χ4n) is 1.25. The lowest BCUT2D eigenvalue weighted by Crippen LogP contribution is -2.19. The Morgan fingerprint density at radius 3 is 2.08 bits per heavy atom. The third-order valence-electron chi connectivity index (χ3n) is 2.25. The number of methoxy groups -OCH3 is 1. The van der Waals surface area contributed by atoms with E-state index in [4.69, 9.17) is 16.3 Å². The number of alkyl halides is 1. The van der Waals surface area contributed by atoms with Crippen molar-refractivity contribution in [2.24, 2.45) is 11.8 Å². The minimum atomic E-state index is 0.399. The van der Waals surface area contributed by atoms with Crippen LogP contribution in [-0.2, 0) is 4.74 Å². The van der Waals surface area contributed by atoms with Crippen LogP contribution in [0.1, 0.15) is 33.6 Å². The molecule has 0 aliphatic rings. The largest absolute Gasteiger partial charge is 0.381 e. The zero-order chi connectivity index (χ0) is 9.56. The first-order valence-electron chi connectivity index (χ1n) is 4.70. The Morgan fingerprint density at radius 1 is 1.17 bits per heavy atom. The summed E-state index contributed by atoms with van der Waals surface area (Å²) in [5.41, 5.74) is 0. The van der Waals surface area contributed by atoms with E-state index in [9.17, 15) is 0 Å². The Kier molecular flexibility index (Phi) is 6.87. The molecule has 0 fully saturated rings. The SMILES string of the molecule is COC(CCC(C)CCl)C(C)C. The highest BCUT2D eigenvalue weighted by Crippen LogP contribution is 2.16. The standard InChI is InChI=1S/C10H21ClO/c1-8(2)10(12-4)6-5-9(3)7-11/h8-10H,5-7H2,1-4H3. The number of halogens is 1. The summed E-state index contributed by atoms with van der Waals surface area (Å²) < 4.78 is 5.36. The first-order valence-corrected chi connectivity index (χ1v) is 5.24. The van der Waals surface area contributed by atoms with E-state index in [0.29, 0.717) is 17.9 Å².